The molecule has 0 aliphatic carbocycles. The molecule has 0 saturated carbocycles. The largest absolute Gasteiger partial charge is 0.507 e. The Morgan fingerprint density at radius 1 is 1.53 bits per heavy atom. The van der Waals surface area contributed by atoms with Gasteiger partial charge in [-0.15, -0.1) is 11.3 Å². The summed E-state index contributed by atoms with van der Waals surface area (Å²) in [5.74, 6) is -0.542. The molecule has 0 aliphatic heterocycles. The first kappa shape index (κ1) is 13.8. The smallest absolute Gasteiger partial charge is 0.261 e. The second kappa shape index (κ2) is 5.59. The number of phenols is 1. The summed E-state index contributed by atoms with van der Waals surface area (Å²) in [5, 5.41) is 13.3. The Morgan fingerprint density at radius 2 is 2.26 bits per heavy atom. The third-order valence-corrected chi connectivity index (χ3v) is 4.09. The minimum absolute atomic E-state index is 0.144. The quantitative estimate of drug-likeness (QED) is 0.909. The number of rotatable bonds is 3. The van der Waals surface area contributed by atoms with E-state index in [0.717, 1.165) is 17.0 Å². The average molecular weight is 297 g/mol. The number of halogens is 1. The van der Waals surface area contributed by atoms with Crippen LogP contribution in [0.5, 0.6) is 5.75 Å². The van der Waals surface area contributed by atoms with Crippen LogP contribution in [0.3, 0.4) is 0 Å². The Morgan fingerprint density at radius 3 is 2.84 bits per heavy atom. The highest BCUT2D eigenvalue weighted by atomic mass is 35.5. The summed E-state index contributed by atoms with van der Waals surface area (Å²) in [4.78, 5) is 17.4. The van der Waals surface area contributed by atoms with Crippen molar-refractivity contribution in [3.05, 3.63) is 39.4 Å². The maximum absolute atomic E-state index is 12.0. The molecular weight excluding hydrogens is 284 g/mol. The Bertz CT molecular complexity index is 625. The number of nitrogens with zero attached hydrogens (tertiary/aromatic N) is 1. The molecular formula is C13H13ClN2O2S. The maximum atomic E-state index is 12.0. The fourth-order valence-corrected chi connectivity index (χ4v) is 2.73. The second-order valence-corrected chi connectivity index (χ2v) is 5.52. The summed E-state index contributed by atoms with van der Waals surface area (Å²) in [6.07, 6.45) is 0.881. The van der Waals surface area contributed by atoms with Gasteiger partial charge in [-0.3, -0.25) is 10.1 Å². The van der Waals surface area contributed by atoms with E-state index in [1.54, 1.807) is 6.07 Å². The first-order valence-electron chi connectivity index (χ1n) is 5.77. The number of carbonyl (C=O) groups excluding carboxylic acids is 1. The van der Waals surface area contributed by atoms with Crippen molar-refractivity contribution in [2.45, 2.75) is 20.3 Å². The molecule has 6 heteroatoms. The van der Waals surface area contributed by atoms with Crippen LogP contribution in [-0.2, 0) is 6.42 Å². The van der Waals surface area contributed by atoms with Gasteiger partial charge in [0, 0.05) is 9.90 Å². The second-order valence-electron chi connectivity index (χ2n) is 4.00. The van der Waals surface area contributed by atoms with Crippen molar-refractivity contribution < 1.29 is 9.90 Å². The summed E-state index contributed by atoms with van der Waals surface area (Å²) in [7, 11) is 0. The third-order valence-electron chi connectivity index (χ3n) is 2.64. The van der Waals surface area contributed by atoms with Crippen molar-refractivity contribution in [1.29, 1.82) is 0 Å². The highest BCUT2D eigenvalue weighted by Crippen LogP contribution is 2.26. The monoisotopic (exact) mass is 296 g/mol. The Balaban J connectivity index is 2.20. The highest BCUT2D eigenvalue weighted by molar-refractivity contribution is 7.15. The lowest BCUT2D eigenvalue weighted by Gasteiger charge is -2.04. The number of carbonyl (C=O) groups is 1. The van der Waals surface area contributed by atoms with Gasteiger partial charge in [0.05, 0.1) is 11.3 Å². The van der Waals surface area contributed by atoms with Gasteiger partial charge < -0.3 is 5.11 Å². The van der Waals surface area contributed by atoms with E-state index in [9.17, 15) is 9.90 Å². The normalized spacial score (nSPS) is 10.5. The molecule has 1 amide bonds. The van der Waals surface area contributed by atoms with Gasteiger partial charge in [-0.25, -0.2) is 4.98 Å². The van der Waals surface area contributed by atoms with Gasteiger partial charge in [0.15, 0.2) is 5.13 Å². The topological polar surface area (TPSA) is 62.2 Å². The zero-order chi connectivity index (χ0) is 14.0. The Kier molecular flexibility index (Phi) is 4.07. The van der Waals surface area contributed by atoms with E-state index in [0.29, 0.717) is 10.2 Å². The number of aromatic hydroxyl groups is 1. The van der Waals surface area contributed by atoms with E-state index < -0.39 is 5.91 Å². The molecule has 0 bridgehead atoms. The molecule has 0 unspecified atom stereocenters. The van der Waals surface area contributed by atoms with Crippen molar-refractivity contribution in [3.8, 4) is 5.75 Å². The predicted octanol–water partition coefficient (Wildman–Crippen LogP) is 3.63. The summed E-state index contributed by atoms with van der Waals surface area (Å²) in [5.41, 5.74) is 1.10. The number of aryl methyl sites for hydroxylation is 2. The van der Waals surface area contributed by atoms with Crippen molar-refractivity contribution in [2.75, 3.05) is 5.32 Å². The molecule has 2 aromatic rings. The maximum Gasteiger partial charge on any atom is 0.261 e. The Labute approximate surface area is 120 Å². The number of benzene rings is 1. The molecule has 1 heterocycles. The molecule has 100 valence electrons. The summed E-state index contributed by atoms with van der Waals surface area (Å²) >= 11 is 7.16. The number of thiazole rings is 1. The number of amides is 1. The highest BCUT2D eigenvalue weighted by Gasteiger charge is 2.14. The average Bonchev–Trinajstić information content (AvgIpc) is 2.69. The molecule has 2 N–H and O–H groups in total. The fourth-order valence-electron chi connectivity index (χ4n) is 1.67. The molecule has 1 aromatic carbocycles. The van der Waals surface area contributed by atoms with Crippen LogP contribution >= 0.6 is 22.9 Å². The SMILES string of the molecule is CCc1sc(NC(=O)c2ccc(Cl)cc2O)nc1C. The molecule has 1 aromatic heterocycles. The van der Waals surface area contributed by atoms with Crippen molar-refractivity contribution in [2.24, 2.45) is 0 Å². The van der Waals surface area contributed by atoms with Crippen LogP contribution in [0.1, 0.15) is 27.9 Å². The van der Waals surface area contributed by atoms with Crippen LogP contribution in [-0.4, -0.2) is 16.0 Å². The van der Waals surface area contributed by atoms with Gasteiger partial charge in [0.2, 0.25) is 0 Å². The van der Waals surface area contributed by atoms with Crippen LogP contribution in [0.25, 0.3) is 0 Å². The number of phenolic OH excluding ortho intramolecular Hbond substituents is 1. The minimum atomic E-state index is -0.398. The number of anilines is 1. The number of hydrogen-bond acceptors (Lipinski definition) is 4. The predicted molar refractivity (Wildman–Crippen MR) is 77.3 cm³/mol. The van der Waals surface area contributed by atoms with E-state index in [2.05, 4.69) is 10.3 Å². The molecule has 0 spiro atoms. The first-order chi connectivity index (χ1) is 9.01. The van der Waals surface area contributed by atoms with Gasteiger partial charge in [-0.05, 0) is 31.5 Å². The summed E-state index contributed by atoms with van der Waals surface area (Å²) in [6, 6.07) is 4.37. The number of nitrogens with one attached hydrogen (secondary N) is 1. The van der Waals surface area contributed by atoms with Crippen LogP contribution < -0.4 is 5.32 Å². The van der Waals surface area contributed by atoms with Gasteiger partial charge in [-0.1, -0.05) is 18.5 Å². The third kappa shape index (κ3) is 3.05. The molecule has 0 saturated heterocycles. The lowest BCUT2D eigenvalue weighted by Crippen LogP contribution is -2.11. The molecule has 19 heavy (non-hydrogen) atoms. The minimum Gasteiger partial charge on any atom is -0.507 e. The van der Waals surface area contributed by atoms with E-state index in [4.69, 9.17) is 11.6 Å². The van der Waals surface area contributed by atoms with Crippen molar-refractivity contribution in [1.82, 2.24) is 4.98 Å². The van der Waals surface area contributed by atoms with Crippen molar-refractivity contribution >= 4 is 34.0 Å². The van der Waals surface area contributed by atoms with E-state index in [1.165, 1.54) is 23.5 Å². The van der Waals surface area contributed by atoms with Gasteiger partial charge in [0.25, 0.3) is 5.91 Å². The number of hydrogen-bond donors (Lipinski definition) is 2. The van der Waals surface area contributed by atoms with E-state index in [1.807, 2.05) is 13.8 Å². The van der Waals surface area contributed by atoms with Gasteiger partial charge in [0.1, 0.15) is 5.75 Å². The lowest BCUT2D eigenvalue weighted by atomic mass is 10.2. The standard InChI is InChI=1S/C13H13ClN2O2S/c1-3-11-7(2)15-13(19-11)16-12(18)9-5-4-8(14)6-10(9)17/h4-6,17H,3H2,1-2H3,(H,15,16,18). The van der Waals surface area contributed by atoms with Gasteiger partial charge >= 0.3 is 0 Å². The lowest BCUT2D eigenvalue weighted by molar-refractivity contribution is 0.102. The summed E-state index contributed by atoms with van der Waals surface area (Å²) < 4.78 is 0. The van der Waals surface area contributed by atoms with Crippen molar-refractivity contribution in [3.63, 3.8) is 0 Å². The van der Waals surface area contributed by atoms with Crippen LogP contribution in [0.15, 0.2) is 18.2 Å². The molecule has 0 radical (unpaired) electrons. The van der Waals surface area contributed by atoms with Crippen LogP contribution in [0.2, 0.25) is 5.02 Å². The molecule has 0 aliphatic rings. The number of aromatic nitrogens is 1. The van der Waals surface area contributed by atoms with E-state index >= 15 is 0 Å². The Hall–Kier alpha value is -1.59. The fraction of sp³-hybridized carbons (Fsp3) is 0.231. The van der Waals surface area contributed by atoms with Crippen LogP contribution in [0, 0.1) is 6.92 Å². The zero-order valence-corrected chi connectivity index (χ0v) is 12.1. The molecule has 2 rings (SSSR count). The molecule has 4 nitrogen and oxygen atoms in total. The first-order valence-corrected chi connectivity index (χ1v) is 6.97. The zero-order valence-electron chi connectivity index (χ0n) is 10.5. The van der Waals surface area contributed by atoms with Gasteiger partial charge in [-0.2, -0.15) is 0 Å². The van der Waals surface area contributed by atoms with E-state index in [-0.39, 0.29) is 11.3 Å². The molecule has 0 atom stereocenters. The van der Waals surface area contributed by atoms with Crippen LogP contribution in [0.4, 0.5) is 5.13 Å². The molecule has 0 fully saturated rings. The summed E-state index contributed by atoms with van der Waals surface area (Å²) in [6.45, 7) is 3.95.